The molecule has 2 unspecified atom stereocenters. The predicted molar refractivity (Wildman–Crippen MR) is 35.5 cm³/mol. The Kier molecular flexibility index (Phi) is 2.69. The van der Waals surface area contributed by atoms with Gasteiger partial charge in [-0.2, -0.15) is 0 Å². The maximum absolute atomic E-state index is 5.30. The summed E-state index contributed by atoms with van der Waals surface area (Å²) < 4.78 is 10.3. The van der Waals surface area contributed by atoms with Crippen LogP contribution in [0.15, 0.2) is 0 Å². The lowest BCUT2D eigenvalue weighted by molar-refractivity contribution is 0.0898. The third-order valence-electron chi connectivity index (χ3n) is 1.26. The van der Waals surface area contributed by atoms with Crippen molar-refractivity contribution in [1.82, 2.24) is 0 Å². The first kappa shape index (κ1) is 7.25. The first-order valence-electron chi connectivity index (χ1n) is 3.27. The van der Waals surface area contributed by atoms with Crippen LogP contribution in [0.2, 0.25) is 0 Å². The van der Waals surface area contributed by atoms with Gasteiger partial charge < -0.3 is 9.47 Å². The molecule has 1 aliphatic heterocycles. The summed E-state index contributed by atoms with van der Waals surface area (Å²) in [6, 6.07) is 0. The fourth-order valence-corrected chi connectivity index (χ4v) is 0.602. The molecule has 1 rings (SSSR count). The second-order valence-electron chi connectivity index (χ2n) is 2.19. The van der Waals surface area contributed by atoms with Gasteiger partial charge in [-0.1, -0.05) is 6.92 Å². The van der Waals surface area contributed by atoms with Crippen LogP contribution < -0.4 is 0 Å². The Labute approximate surface area is 59.0 Å². The lowest BCUT2D eigenvalue weighted by Crippen LogP contribution is -2.14. The molecule has 0 amide bonds. The van der Waals surface area contributed by atoms with E-state index in [-0.39, 0.29) is 5.73 Å². The summed E-state index contributed by atoms with van der Waals surface area (Å²) in [4.78, 5) is 0. The molecule has 3 radical (unpaired) electrons. The Bertz CT molecular complexity index is 83.1. The molecule has 9 heavy (non-hydrogen) atoms. The second kappa shape index (κ2) is 3.34. The molecule has 2 atom stereocenters. The van der Waals surface area contributed by atoms with Gasteiger partial charge in [0, 0.05) is 5.73 Å². The Balaban J connectivity index is 1.90. The van der Waals surface area contributed by atoms with E-state index in [0.29, 0.717) is 6.10 Å². The van der Waals surface area contributed by atoms with Crippen molar-refractivity contribution in [2.75, 3.05) is 13.2 Å². The average molecular weight is 143 g/mol. The van der Waals surface area contributed by atoms with Crippen molar-refractivity contribution in [3.63, 3.8) is 0 Å². The highest BCUT2D eigenvalue weighted by atomic mass is 28.1. The third-order valence-corrected chi connectivity index (χ3v) is 1.83. The van der Waals surface area contributed by atoms with Crippen LogP contribution in [0.25, 0.3) is 0 Å². The predicted octanol–water partition coefficient (Wildman–Crippen LogP) is 0.306. The topological polar surface area (TPSA) is 21.8 Å². The lowest BCUT2D eigenvalue weighted by Gasteiger charge is -2.07. The van der Waals surface area contributed by atoms with Crippen LogP contribution >= 0.6 is 0 Å². The minimum Gasteiger partial charge on any atom is -0.380 e. The van der Waals surface area contributed by atoms with Gasteiger partial charge in [-0.25, -0.2) is 0 Å². The quantitative estimate of drug-likeness (QED) is 0.417. The van der Waals surface area contributed by atoms with Crippen LogP contribution in [0.5, 0.6) is 0 Å². The van der Waals surface area contributed by atoms with Crippen molar-refractivity contribution in [3.05, 3.63) is 0 Å². The summed E-state index contributed by atoms with van der Waals surface area (Å²) in [7, 11) is 3.40. The SMILES string of the molecule is CCC([Si])OCC1CO1. The van der Waals surface area contributed by atoms with Crippen LogP contribution in [0.1, 0.15) is 13.3 Å². The molecule has 0 aromatic carbocycles. The first-order chi connectivity index (χ1) is 4.33. The maximum Gasteiger partial charge on any atom is 0.104 e. The van der Waals surface area contributed by atoms with E-state index in [2.05, 4.69) is 17.2 Å². The fourth-order valence-electron chi connectivity index (χ4n) is 0.506. The summed E-state index contributed by atoms with van der Waals surface area (Å²) in [5, 5.41) is 0. The highest BCUT2D eigenvalue weighted by Gasteiger charge is 2.22. The van der Waals surface area contributed by atoms with Gasteiger partial charge in [-0.05, 0) is 6.42 Å². The zero-order chi connectivity index (χ0) is 6.69. The molecule has 1 saturated heterocycles. The Morgan fingerprint density at radius 2 is 2.56 bits per heavy atom. The number of hydrogen-bond donors (Lipinski definition) is 0. The smallest absolute Gasteiger partial charge is 0.104 e. The van der Waals surface area contributed by atoms with Gasteiger partial charge in [0.15, 0.2) is 0 Å². The first-order valence-corrected chi connectivity index (χ1v) is 3.85. The van der Waals surface area contributed by atoms with E-state index in [1.165, 1.54) is 0 Å². The number of hydrogen-bond acceptors (Lipinski definition) is 2. The van der Waals surface area contributed by atoms with E-state index >= 15 is 0 Å². The van der Waals surface area contributed by atoms with Crippen molar-refractivity contribution in [2.45, 2.75) is 25.2 Å². The van der Waals surface area contributed by atoms with Gasteiger partial charge in [0.05, 0.1) is 23.5 Å². The minimum absolute atomic E-state index is 0.203. The average Bonchev–Trinajstić information content (AvgIpc) is 2.65. The summed E-state index contributed by atoms with van der Waals surface area (Å²) in [6.07, 6.45) is 1.39. The van der Waals surface area contributed by atoms with E-state index in [9.17, 15) is 0 Å². The van der Waals surface area contributed by atoms with Crippen molar-refractivity contribution in [2.24, 2.45) is 0 Å². The van der Waals surface area contributed by atoms with Crippen LogP contribution in [0.4, 0.5) is 0 Å². The normalized spacial score (nSPS) is 28.0. The molecular formula is C6H11O2Si. The van der Waals surface area contributed by atoms with Crippen molar-refractivity contribution in [3.8, 4) is 0 Å². The molecule has 51 valence electrons. The van der Waals surface area contributed by atoms with Gasteiger partial charge >= 0.3 is 0 Å². The molecule has 2 nitrogen and oxygen atoms in total. The zero-order valence-electron chi connectivity index (χ0n) is 5.59. The summed E-state index contributed by atoms with van der Waals surface area (Å²) in [5.41, 5.74) is 0.203. The minimum atomic E-state index is 0.203. The van der Waals surface area contributed by atoms with Gasteiger partial charge in [0.25, 0.3) is 0 Å². The molecular weight excluding hydrogens is 132 g/mol. The van der Waals surface area contributed by atoms with E-state index in [1.807, 2.05) is 0 Å². The van der Waals surface area contributed by atoms with Crippen molar-refractivity contribution < 1.29 is 9.47 Å². The molecule has 0 aromatic heterocycles. The molecule has 0 N–H and O–H groups in total. The maximum atomic E-state index is 5.30. The number of epoxide rings is 1. The van der Waals surface area contributed by atoms with E-state index in [4.69, 9.17) is 9.47 Å². The molecule has 1 heterocycles. The van der Waals surface area contributed by atoms with Crippen LogP contribution in [-0.4, -0.2) is 35.3 Å². The molecule has 0 aliphatic carbocycles. The lowest BCUT2D eigenvalue weighted by atomic mass is 10.5. The standard InChI is InChI=1S/C6H11O2Si/c1-2-6(9)8-4-5-3-7-5/h5-6H,2-4H2,1H3. The van der Waals surface area contributed by atoms with Gasteiger partial charge in [-0.3, -0.25) is 0 Å². The largest absolute Gasteiger partial charge is 0.380 e. The van der Waals surface area contributed by atoms with Crippen molar-refractivity contribution >= 4 is 10.2 Å². The summed E-state index contributed by atoms with van der Waals surface area (Å²) >= 11 is 0. The molecule has 1 fully saturated rings. The molecule has 0 saturated carbocycles. The molecule has 1 aliphatic rings. The highest BCUT2D eigenvalue weighted by molar-refractivity contribution is 6.10. The molecule has 0 spiro atoms. The van der Waals surface area contributed by atoms with E-state index < -0.39 is 0 Å². The van der Waals surface area contributed by atoms with Crippen LogP contribution in [0, 0.1) is 0 Å². The van der Waals surface area contributed by atoms with Crippen molar-refractivity contribution in [1.29, 1.82) is 0 Å². The Hall–Kier alpha value is 0.137. The monoisotopic (exact) mass is 143 g/mol. The van der Waals surface area contributed by atoms with E-state index in [0.717, 1.165) is 19.6 Å². The Morgan fingerprint density at radius 1 is 1.89 bits per heavy atom. The Morgan fingerprint density at radius 3 is 3.00 bits per heavy atom. The van der Waals surface area contributed by atoms with E-state index in [1.54, 1.807) is 0 Å². The summed E-state index contributed by atoms with van der Waals surface area (Å²) in [5.74, 6) is 0. The second-order valence-corrected chi connectivity index (χ2v) is 2.83. The van der Waals surface area contributed by atoms with Crippen LogP contribution in [0.3, 0.4) is 0 Å². The molecule has 0 aromatic rings. The van der Waals surface area contributed by atoms with Crippen LogP contribution in [-0.2, 0) is 9.47 Å². The number of rotatable bonds is 4. The summed E-state index contributed by atoms with van der Waals surface area (Å²) in [6.45, 7) is 3.69. The zero-order valence-corrected chi connectivity index (χ0v) is 6.59. The fraction of sp³-hybridized carbons (Fsp3) is 1.00. The number of ether oxygens (including phenoxy) is 2. The van der Waals surface area contributed by atoms with Gasteiger partial charge in [0.2, 0.25) is 0 Å². The molecule has 3 heteroatoms. The van der Waals surface area contributed by atoms with Gasteiger partial charge in [-0.15, -0.1) is 0 Å². The highest BCUT2D eigenvalue weighted by Crippen LogP contribution is 2.09. The van der Waals surface area contributed by atoms with Gasteiger partial charge in [0.1, 0.15) is 6.10 Å². The third kappa shape index (κ3) is 2.98. The molecule has 0 bridgehead atoms.